The summed E-state index contributed by atoms with van der Waals surface area (Å²) >= 11 is 0. The second-order valence-corrected chi connectivity index (χ2v) is 9.22. The van der Waals surface area contributed by atoms with E-state index >= 15 is 0 Å². The fourth-order valence-corrected chi connectivity index (χ4v) is 5.65. The highest BCUT2D eigenvalue weighted by molar-refractivity contribution is 5.85. The van der Waals surface area contributed by atoms with Crippen LogP contribution in [0.3, 0.4) is 0 Å². The lowest BCUT2D eigenvalue weighted by Gasteiger charge is -2.35. The molecule has 0 aromatic heterocycles. The lowest BCUT2D eigenvalue weighted by atomic mass is 9.89. The summed E-state index contributed by atoms with van der Waals surface area (Å²) < 4.78 is 0. The van der Waals surface area contributed by atoms with E-state index < -0.39 is 0 Å². The van der Waals surface area contributed by atoms with Crippen LogP contribution in [-0.4, -0.2) is 30.1 Å². The van der Waals surface area contributed by atoms with Crippen LogP contribution >= 0.6 is 24.8 Å². The second kappa shape index (κ2) is 11.0. The smallest absolute Gasteiger partial charge is 0.220 e. The predicted molar refractivity (Wildman–Crippen MR) is 124 cm³/mol. The highest BCUT2D eigenvalue weighted by atomic mass is 35.5. The number of benzene rings is 1. The van der Waals surface area contributed by atoms with Crippen LogP contribution in [0, 0.1) is 5.92 Å². The molecule has 0 radical (unpaired) electrons. The normalized spacial score (nSPS) is 28.1. The third-order valence-electron chi connectivity index (χ3n) is 7.05. The Balaban J connectivity index is 0.00000150. The van der Waals surface area contributed by atoms with Gasteiger partial charge in [-0.05, 0) is 56.9 Å². The first kappa shape index (κ1) is 24.5. The van der Waals surface area contributed by atoms with Crippen molar-refractivity contribution in [1.82, 2.24) is 16.0 Å². The van der Waals surface area contributed by atoms with Gasteiger partial charge in [0.1, 0.15) is 0 Å². The van der Waals surface area contributed by atoms with Crippen LogP contribution in [0.1, 0.15) is 76.3 Å². The van der Waals surface area contributed by atoms with Crippen LogP contribution in [0.2, 0.25) is 0 Å². The van der Waals surface area contributed by atoms with E-state index in [1.54, 1.807) is 0 Å². The molecule has 3 N–H and O–H groups in total. The number of carbonyl (C=O) groups is 1. The van der Waals surface area contributed by atoms with E-state index in [2.05, 4.69) is 53.2 Å². The number of nitrogens with one attached hydrogen (secondary N) is 3. The minimum atomic E-state index is 0. The Morgan fingerprint density at radius 2 is 1.72 bits per heavy atom. The molecule has 4 nitrogen and oxygen atoms in total. The molecule has 3 atom stereocenters. The van der Waals surface area contributed by atoms with Crippen molar-refractivity contribution < 1.29 is 4.79 Å². The molecule has 1 aromatic rings. The molecule has 29 heavy (non-hydrogen) atoms. The zero-order chi connectivity index (χ0) is 18.7. The van der Waals surface area contributed by atoms with Crippen molar-refractivity contribution in [2.75, 3.05) is 6.54 Å². The first-order valence-electron chi connectivity index (χ1n) is 11.0. The lowest BCUT2D eigenvalue weighted by Crippen LogP contribution is -2.52. The standard InChI is InChI=1S/C23H35N3O.2ClH/c1-17(19-7-3-2-4-8-19)26-23(11-5-6-12-23)16-24-22(27)15-18-13-20-9-10-21(14-18)25-20;;/h2-4,7-8,17-18,20-21,25-26H,5-6,9-16H2,1H3,(H,24,27);2*1H. The van der Waals surface area contributed by atoms with Gasteiger partial charge in [0, 0.05) is 36.6 Å². The van der Waals surface area contributed by atoms with Crippen LogP contribution in [0.4, 0.5) is 0 Å². The average Bonchev–Trinajstić information content (AvgIpc) is 3.27. The monoisotopic (exact) mass is 441 g/mol. The first-order chi connectivity index (χ1) is 13.1. The summed E-state index contributed by atoms with van der Waals surface area (Å²) in [5, 5.41) is 10.8. The van der Waals surface area contributed by atoms with E-state index in [4.69, 9.17) is 0 Å². The van der Waals surface area contributed by atoms with E-state index in [0.717, 1.165) is 19.4 Å². The van der Waals surface area contributed by atoms with Gasteiger partial charge in [-0.1, -0.05) is 43.2 Å². The Labute approximate surface area is 188 Å². The third kappa shape index (κ3) is 6.33. The number of fused-ring (bicyclic) bond motifs is 2. The van der Waals surface area contributed by atoms with Crippen LogP contribution in [0.15, 0.2) is 30.3 Å². The number of hydrogen-bond donors (Lipinski definition) is 3. The molecule has 3 aliphatic rings. The molecule has 164 valence electrons. The maximum Gasteiger partial charge on any atom is 0.220 e. The van der Waals surface area contributed by atoms with Crippen molar-refractivity contribution in [2.24, 2.45) is 5.92 Å². The molecule has 2 saturated heterocycles. The van der Waals surface area contributed by atoms with Crippen molar-refractivity contribution in [3.63, 3.8) is 0 Å². The Morgan fingerprint density at radius 1 is 1.10 bits per heavy atom. The van der Waals surface area contributed by atoms with Gasteiger partial charge in [0.15, 0.2) is 0 Å². The van der Waals surface area contributed by atoms with Crippen LogP contribution in [0.25, 0.3) is 0 Å². The molecule has 3 fully saturated rings. The number of hydrogen-bond acceptors (Lipinski definition) is 3. The van der Waals surface area contributed by atoms with Crippen molar-refractivity contribution in [3.8, 4) is 0 Å². The fourth-order valence-electron chi connectivity index (χ4n) is 5.65. The number of halogens is 2. The maximum atomic E-state index is 12.6. The van der Waals surface area contributed by atoms with Crippen LogP contribution < -0.4 is 16.0 Å². The zero-order valence-corrected chi connectivity index (χ0v) is 19.1. The molecule has 2 bridgehead atoms. The number of amides is 1. The van der Waals surface area contributed by atoms with Crippen molar-refractivity contribution >= 4 is 30.7 Å². The minimum Gasteiger partial charge on any atom is -0.354 e. The van der Waals surface area contributed by atoms with Gasteiger partial charge in [-0.2, -0.15) is 0 Å². The van der Waals surface area contributed by atoms with Crippen LogP contribution in [0.5, 0.6) is 0 Å². The average molecular weight is 442 g/mol. The van der Waals surface area contributed by atoms with Gasteiger partial charge >= 0.3 is 0 Å². The molecule has 1 aliphatic carbocycles. The molecular weight excluding hydrogens is 405 g/mol. The summed E-state index contributed by atoms with van der Waals surface area (Å²) in [7, 11) is 0. The Hall–Kier alpha value is -0.810. The Morgan fingerprint density at radius 3 is 2.34 bits per heavy atom. The van der Waals surface area contributed by atoms with Gasteiger partial charge in [-0.25, -0.2) is 0 Å². The molecule has 1 amide bonds. The number of rotatable bonds is 7. The summed E-state index contributed by atoms with van der Waals surface area (Å²) in [6.45, 7) is 3.00. The SMILES string of the molecule is CC(NC1(CNC(=O)CC2CC3CCC(C2)N3)CCCC1)c1ccccc1.Cl.Cl. The van der Waals surface area contributed by atoms with E-state index in [0.29, 0.717) is 30.5 Å². The maximum absolute atomic E-state index is 12.6. The molecular formula is C23H37Cl2N3O. The summed E-state index contributed by atoms with van der Waals surface area (Å²) in [6.07, 6.45) is 10.5. The fraction of sp³-hybridized carbons (Fsp3) is 0.696. The molecule has 1 aromatic carbocycles. The molecule has 3 unspecified atom stereocenters. The van der Waals surface area contributed by atoms with Gasteiger partial charge in [-0.15, -0.1) is 24.8 Å². The topological polar surface area (TPSA) is 53.2 Å². The highest BCUT2D eigenvalue weighted by Crippen LogP contribution is 2.34. The van der Waals surface area contributed by atoms with Gasteiger partial charge in [0.05, 0.1) is 0 Å². The molecule has 0 spiro atoms. The van der Waals surface area contributed by atoms with E-state index in [1.807, 2.05) is 0 Å². The van der Waals surface area contributed by atoms with Crippen molar-refractivity contribution in [2.45, 2.75) is 88.4 Å². The quantitative estimate of drug-likeness (QED) is 0.582. The summed E-state index contributed by atoms with van der Waals surface area (Å²) in [5.41, 5.74) is 1.37. The van der Waals surface area contributed by atoms with E-state index in [1.165, 1.54) is 44.1 Å². The molecule has 6 heteroatoms. The summed E-state index contributed by atoms with van der Waals surface area (Å²) in [6, 6.07) is 12.3. The van der Waals surface area contributed by atoms with Gasteiger partial charge in [-0.3, -0.25) is 4.79 Å². The second-order valence-electron chi connectivity index (χ2n) is 9.22. The Kier molecular flexibility index (Phi) is 9.27. The largest absolute Gasteiger partial charge is 0.354 e. The lowest BCUT2D eigenvalue weighted by molar-refractivity contribution is -0.122. The summed E-state index contributed by atoms with van der Waals surface area (Å²) in [4.78, 5) is 12.6. The molecule has 2 heterocycles. The van der Waals surface area contributed by atoms with Crippen LogP contribution in [-0.2, 0) is 4.79 Å². The van der Waals surface area contributed by atoms with Gasteiger partial charge in [0.25, 0.3) is 0 Å². The van der Waals surface area contributed by atoms with Gasteiger partial charge in [0.2, 0.25) is 5.91 Å². The number of piperidine rings is 1. The van der Waals surface area contributed by atoms with Crippen molar-refractivity contribution in [1.29, 1.82) is 0 Å². The van der Waals surface area contributed by atoms with Crippen molar-refractivity contribution in [3.05, 3.63) is 35.9 Å². The molecule has 2 aliphatic heterocycles. The zero-order valence-electron chi connectivity index (χ0n) is 17.5. The highest BCUT2D eigenvalue weighted by Gasteiger charge is 2.37. The van der Waals surface area contributed by atoms with E-state index in [9.17, 15) is 4.79 Å². The Bertz CT molecular complexity index is 624. The molecule has 1 saturated carbocycles. The first-order valence-corrected chi connectivity index (χ1v) is 11.0. The molecule has 4 rings (SSSR count). The predicted octanol–water partition coefficient (Wildman–Crippen LogP) is 4.53. The summed E-state index contributed by atoms with van der Waals surface area (Å²) in [5.74, 6) is 0.821. The third-order valence-corrected chi connectivity index (χ3v) is 7.05. The van der Waals surface area contributed by atoms with Gasteiger partial charge < -0.3 is 16.0 Å². The van der Waals surface area contributed by atoms with E-state index in [-0.39, 0.29) is 36.3 Å². The number of carbonyl (C=O) groups excluding carboxylic acids is 1. The minimum absolute atomic E-state index is 0.